The lowest BCUT2D eigenvalue weighted by molar-refractivity contribution is 0.0293. The van der Waals surface area contributed by atoms with Crippen molar-refractivity contribution in [3.63, 3.8) is 0 Å². The molecular weight excluding hydrogens is 288 g/mol. The molecule has 6 nitrogen and oxygen atoms in total. The molecule has 21 heavy (non-hydrogen) atoms. The van der Waals surface area contributed by atoms with Gasteiger partial charge in [-0.05, 0) is 39.5 Å². The van der Waals surface area contributed by atoms with Crippen molar-refractivity contribution in [2.75, 3.05) is 24.7 Å². The maximum atomic E-state index is 12.0. The van der Waals surface area contributed by atoms with E-state index in [1.54, 1.807) is 11.1 Å². The number of carbonyl (C=O) groups is 1. The highest BCUT2D eigenvalue weighted by molar-refractivity contribution is 7.98. The molecule has 1 unspecified atom stereocenters. The van der Waals surface area contributed by atoms with Crippen LogP contribution in [0.5, 0.6) is 0 Å². The van der Waals surface area contributed by atoms with Crippen molar-refractivity contribution < 1.29 is 9.53 Å². The Balaban J connectivity index is 1.89. The van der Waals surface area contributed by atoms with Crippen molar-refractivity contribution in [1.29, 1.82) is 0 Å². The lowest BCUT2D eigenvalue weighted by Gasteiger charge is -2.24. The van der Waals surface area contributed by atoms with Gasteiger partial charge >= 0.3 is 6.09 Å². The number of likely N-dealkylation sites (tertiary alicyclic amines) is 1. The number of carbonyl (C=O) groups excluding carboxylic acids is 1. The normalized spacial score (nSPS) is 18.7. The third-order valence-electron chi connectivity index (χ3n) is 3.01. The van der Waals surface area contributed by atoms with Gasteiger partial charge in [-0.15, -0.1) is 0 Å². The molecule has 2 heterocycles. The number of aromatic nitrogens is 2. The van der Waals surface area contributed by atoms with Crippen molar-refractivity contribution >= 4 is 23.7 Å². The van der Waals surface area contributed by atoms with Gasteiger partial charge in [-0.2, -0.15) is 0 Å². The molecule has 0 radical (unpaired) electrons. The summed E-state index contributed by atoms with van der Waals surface area (Å²) in [6.07, 6.45) is 4.32. The van der Waals surface area contributed by atoms with Crippen LogP contribution in [-0.4, -0.2) is 51.9 Å². The van der Waals surface area contributed by atoms with Gasteiger partial charge in [0.2, 0.25) is 0 Å². The fourth-order valence-electron chi connectivity index (χ4n) is 2.10. The van der Waals surface area contributed by atoms with Gasteiger partial charge < -0.3 is 15.0 Å². The van der Waals surface area contributed by atoms with Crippen LogP contribution in [0.2, 0.25) is 0 Å². The summed E-state index contributed by atoms with van der Waals surface area (Å²) in [6, 6.07) is 2.04. The second-order valence-electron chi connectivity index (χ2n) is 5.98. The first kappa shape index (κ1) is 15.9. The molecule has 1 saturated heterocycles. The number of nitrogens with zero attached hydrogens (tertiary/aromatic N) is 3. The molecule has 1 aromatic heterocycles. The lowest BCUT2D eigenvalue weighted by atomic mass is 10.2. The molecule has 116 valence electrons. The Morgan fingerprint density at radius 2 is 2.29 bits per heavy atom. The van der Waals surface area contributed by atoms with Crippen molar-refractivity contribution in [2.45, 2.75) is 44.0 Å². The summed E-state index contributed by atoms with van der Waals surface area (Å²) >= 11 is 1.51. The first-order valence-electron chi connectivity index (χ1n) is 6.99. The van der Waals surface area contributed by atoms with Crippen LogP contribution < -0.4 is 5.32 Å². The molecule has 1 N–H and O–H groups in total. The second-order valence-corrected chi connectivity index (χ2v) is 6.76. The molecule has 2 rings (SSSR count). The number of thioether (sulfide) groups is 1. The van der Waals surface area contributed by atoms with Gasteiger partial charge in [-0.3, -0.25) is 0 Å². The van der Waals surface area contributed by atoms with Gasteiger partial charge in [0.15, 0.2) is 5.16 Å². The van der Waals surface area contributed by atoms with E-state index in [9.17, 15) is 4.79 Å². The number of anilines is 1. The zero-order valence-electron chi connectivity index (χ0n) is 12.9. The summed E-state index contributed by atoms with van der Waals surface area (Å²) in [5.41, 5.74) is -0.456. The van der Waals surface area contributed by atoms with Crippen LogP contribution in [0, 0.1) is 0 Å². The number of nitrogens with one attached hydrogen (secondary N) is 1. The molecule has 1 atom stereocenters. The molecule has 0 spiro atoms. The predicted molar refractivity (Wildman–Crippen MR) is 83.6 cm³/mol. The molecule has 0 aliphatic carbocycles. The van der Waals surface area contributed by atoms with Crippen LogP contribution >= 0.6 is 11.8 Å². The minimum atomic E-state index is -0.456. The van der Waals surface area contributed by atoms with E-state index in [1.807, 2.05) is 33.1 Å². The Bertz CT molecular complexity index is 504. The zero-order chi connectivity index (χ0) is 15.5. The molecule has 1 aromatic rings. The van der Waals surface area contributed by atoms with Gasteiger partial charge in [0.05, 0.1) is 0 Å². The molecule has 1 amide bonds. The Hall–Kier alpha value is -1.50. The predicted octanol–water partition coefficient (Wildman–Crippen LogP) is 2.62. The van der Waals surface area contributed by atoms with Gasteiger partial charge in [0.25, 0.3) is 0 Å². The average Bonchev–Trinajstić information content (AvgIpc) is 2.85. The van der Waals surface area contributed by atoms with Crippen LogP contribution in [0.1, 0.15) is 27.2 Å². The Labute approximate surface area is 129 Å². The van der Waals surface area contributed by atoms with Crippen LogP contribution in [-0.2, 0) is 4.74 Å². The summed E-state index contributed by atoms with van der Waals surface area (Å²) < 4.78 is 5.39. The van der Waals surface area contributed by atoms with E-state index in [0.29, 0.717) is 13.1 Å². The van der Waals surface area contributed by atoms with E-state index in [0.717, 1.165) is 17.4 Å². The Morgan fingerprint density at radius 1 is 1.52 bits per heavy atom. The first-order valence-corrected chi connectivity index (χ1v) is 8.21. The zero-order valence-corrected chi connectivity index (χ0v) is 13.7. The summed E-state index contributed by atoms with van der Waals surface area (Å²) in [5, 5.41) is 4.09. The maximum Gasteiger partial charge on any atom is 0.410 e. The SMILES string of the molecule is CSc1nccc(NC2CCN(C(=O)OC(C)(C)C)C2)n1. The van der Waals surface area contributed by atoms with Gasteiger partial charge in [-0.1, -0.05) is 11.8 Å². The van der Waals surface area contributed by atoms with Crippen LogP contribution in [0.4, 0.5) is 10.6 Å². The largest absolute Gasteiger partial charge is 0.444 e. The van der Waals surface area contributed by atoms with E-state index >= 15 is 0 Å². The lowest BCUT2D eigenvalue weighted by Crippen LogP contribution is -2.36. The third kappa shape index (κ3) is 4.77. The molecule has 1 aliphatic rings. The van der Waals surface area contributed by atoms with E-state index in [2.05, 4.69) is 15.3 Å². The van der Waals surface area contributed by atoms with Crippen LogP contribution in [0.25, 0.3) is 0 Å². The number of rotatable bonds is 3. The Kier molecular flexibility index (Phi) is 4.92. The molecule has 0 saturated carbocycles. The molecule has 1 fully saturated rings. The number of hydrogen-bond acceptors (Lipinski definition) is 6. The van der Waals surface area contributed by atoms with Crippen LogP contribution in [0.15, 0.2) is 17.4 Å². The molecular formula is C14H22N4O2S. The summed E-state index contributed by atoms with van der Waals surface area (Å²) in [6.45, 7) is 6.96. The quantitative estimate of drug-likeness (QED) is 0.684. The van der Waals surface area contributed by atoms with Crippen molar-refractivity contribution in [3.8, 4) is 0 Å². The van der Waals surface area contributed by atoms with Crippen molar-refractivity contribution in [1.82, 2.24) is 14.9 Å². The van der Waals surface area contributed by atoms with E-state index in [1.165, 1.54) is 11.8 Å². The van der Waals surface area contributed by atoms with Crippen LogP contribution in [0.3, 0.4) is 0 Å². The first-order chi connectivity index (χ1) is 9.87. The minimum absolute atomic E-state index is 0.196. The third-order valence-corrected chi connectivity index (χ3v) is 3.57. The smallest absolute Gasteiger partial charge is 0.410 e. The topological polar surface area (TPSA) is 67.4 Å². The van der Waals surface area contributed by atoms with Gasteiger partial charge in [0.1, 0.15) is 11.4 Å². The fourth-order valence-corrected chi connectivity index (χ4v) is 2.45. The summed E-state index contributed by atoms with van der Waals surface area (Å²) in [7, 11) is 0. The van der Waals surface area contributed by atoms with Crippen molar-refractivity contribution in [2.24, 2.45) is 0 Å². The summed E-state index contributed by atoms with van der Waals surface area (Å²) in [5.74, 6) is 0.797. The Morgan fingerprint density at radius 3 is 2.95 bits per heavy atom. The summed E-state index contributed by atoms with van der Waals surface area (Å²) in [4.78, 5) is 22.3. The highest BCUT2D eigenvalue weighted by atomic mass is 32.2. The minimum Gasteiger partial charge on any atom is -0.444 e. The number of amides is 1. The standard InChI is InChI=1S/C14H22N4O2S/c1-14(2,3)20-13(19)18-8-6-10(9-18)16-11-5-7-15-12(17-11)21-4/h5,7,10H,6,8-9H2,1-4H3,(H,15,16,17). The van der Waals surface area contributed by atoms with E-state index in [4.69, 9.17) is 4.74 Å². The maximum absolute atomic E-state index is 12.0. The van der Waals surface area contributed by atoms with E-state index in [-0.39, 0.29) is 12.1 Å². The monoisotopic (exact) mass is 310 g/mol. The number of ether oxygens (including phenoxy) is 1. The molecule has 7 heteroatoms. The highest BCUT2D eigenvalue weighted by Crippen LogP contribution is 2.18. The van der Waals surface area contributed by atoms with E-state index < -0.39 is 5.60 Å². The highest BCUT2D eigenvalue weighted by Gasteiger charge is 2.29. The van der Waals surface area contributed by atoms with Crippen molar-refractivity contribution in [3.05, 3.63) is 12.3 Å². The molecule has 0 aromatic carbocycles. The van der Waals surface area contributed by atoms with Gasteiger partial charge in [-0.25, -0.2) is 14.8 Å². The fraction of sp³-hybridized carbons (Fsp3) is 0.643. The molecule has 0 bridgehead atoms. The van der Waals surface area contributed by atoms with Gasteiger partial charge in [0, 0.05) is 25.3 Å². The average molecular weight is 310 g/mol. The number of hydrogen-bond donors (Lipinski definition) is 1. The second kappa shape index (κ2) is 6.51. The molecule has 1 aliphatic heterocycles.